The number of nitrogens with zero attached hydrogens (tertiary/aromatic N) is 3. The molecule has 146 valence electrons. The molecular formula is C22H27N5O. The van der Waals surface area contributed by atoms with Gasteiger partial charge in [0.15, 0.2) is 0 Å². The molecule has 6 heteroatoms. The zero-order valence-corrected chi connectivity index (χ0v) is 16.1. The van der Waals surface area contributed by atoms with Gasteiger partial charge in [0.1, 0.15) is 17.9 Å². The van der Waals surface area contributed by atoms with E-state index in [2.05, 4.69) is 49.8 Å². The minimum atomic E-state index is 0.305. The number of hydrogen-bond donors (Lipinski definition) is 3. The van der Waals surface area contributed by atoms with Crippen LogP contribution in [0.1, 0.15) is 17.5 Å². The number of aryl methyl sites for hydroxylation is 1. The van der Waals surface area contributed by atoms with E-state index in [1.165, 1.54) is 5.56 Å². The van der Waals surface area contributed by atoms with Gasteiger partial charge in [-0.05, 0) is 30.5 Å². The van der Waals surface area contributed by atoms with Gasteiger partial charge in [-0.15, -0.1) is 0 Å². The molecule has 0 radical (unpaired) electrons. The summed E-state index contributed by atoms with van der Waals surface area (Å²) in [6.45, 7) is 5.46. The number of hydrogen-bond acceptors (Lipinski definition) is 6. The van der Waals surface area contributed by atoms with Crippen molar-refractivity contribution in [2.24, 2.45) is 0 Å². The number of fused-ring (bicyclic) bond motifs is 1. The van der Waals surface area contributed by atoms with Gasteiger partial charge < -0.3 is 15.7 Å². The molecule has 0 unspecified atom stereocenters. The number of piperazine rings is 1. The molecule has 2 aromatic carbocycles. The lowest BCUT2D eigenvalue weighted by Gasteiger charge is -2.27. The van der Waals surface area contributed by atoms with Gasteiger partial charge in [-0.2, -0.15) is 0 Å². The van der Waals surface area contributed by atoms with Crippen molar-refractivity contribution < 1.29 is 5.11 Å². The molecule has 0 saturated carbocycles. The summed E-state index contributed by atoms with van der Waals surface area (Å²) >= 11 is 0. The summed E-state index contributed by atoms with van der Waals surface area (Å²) in [5, 5.41) is 18.2. The Bertz CT molecular complexity index is 909. The van der Waals surface area contributed by atoms with Crippen LogP contribution in [0.3, 0.4) is 0 Å². The van der Waals surface area contributed by atoms with E-state index in [0.717, 1.165) is 67.8 Å². The highest BCUT2D eigenvalue weighted by molar-refractivity contribution is 5.92. The van der Waals surface area contributed by atoms with Crippen LogP contribution in [0.25, 0.3) is 10.9 Å². The van der Waals surface area contributed by atoms with E-state index in [1.807, 2.05) is 12.1 Å². The molecule has 1 fully saturated rings. The third-order valence-electron chi connectivity index (χ3n) is 5.26. The second-order valence-electron chi connectivity index (χ2n) is 7.22. The number of aromatic hydroxyl groups is 1. The summed E-state index contributed by atoms with van der Waals surface area (Å²) in [7, 11) is 0. The number of aromatic nitrogens is 2. The third kappa shape index (κ3) is 4.40. The Labute approximate surface area is 165 Å². The lowest BCUT2D eigenvalue weighted by molar-refractivity contribution is 0.231. The molecular weight excluding hydrogens is 350 g/mol. The van der Waals surface area contributed by atoms with Gasteiger partial charge in [0, 0.05) is 50.2 Å². The maximum atomic E-state index is 10.4. The number of phenols is 1. The molecule has 1 saturated heterocycles. The van der Waals surface area contributed by atoms with E-state index in [-0.39, 0.29) is 0 Å². The maximum Gasteiger partial charge on any atom is 0.137 e. The van der Waals surface area contributed by atoms with Crippen LogP contribution in [0.2, 0.25) is 0 Å². The van der Waals surface area contributed by atoms with Crippen LogP contribution in [0.15, 0.2) is 48.8 Å². The van der Waals surface area contributed by atoms with Crippen LogP contribution in [-0.4, -0.2) is 52.7 Å². The van der Waals surface area contributed by atoms with Crippen LogP contribution in [0.5, 0.6) is 5.75 Å². The molecule has 0 bridgehead atoms. The first-order valence-electron chi connectivity index (χ1n) is 9.98. The molecule has 6 nitrogen and oxygen atoms in total. The van der Waals surface area contributed by atoms with Crippen LogP contribution in [0.4, 0.5) is 5.82 Å². The Morgan fingerprint density at radius 1 is 1.04 bits per heavy atom. The Hall–Kier alpha value is -2.70. The Morgan fingerprint density at radius 3 is 2.68 bits per heavy atom. The van der Waals surface area contributed by atoms with Crippen molar-refractivity contribution in [2.45, 2.75) is 19.4 Å². The van der Waals surface area contributed by atoms with Crippen LogP contribution in [0, 0.1) is 0 Å². The van der Waals surface area contributed by atoms with Crippen molar-refractivity contribution in [3.63, 3.8) is 0 Å². The van der Waals surface area contributed by atoms with E-state index in [9.17, 15) is 5.11 Å². The summed E-state index contributed by atoms with van der Waals surface area (Å²) in [5.74, 6) is 1.14. The molecule has 4 rings (SSSR count). The fraction of sp³-hybridized carbons (Fsp3) is 0.364. The van der Waals surface area contributed by atoms with Gasteiger partial charge in [0.25, 0.3) is 0 Å². The number of rotatable bonds is 7. The second-order valence-corrected chi connectivity index (χ2v) is 7.22. The molecule has 0 aliphatic carbocycles. The van der Waals surface area contributed by atoms with Gasteiger partial charge in [0.05, 0.1) is 5.52 Å². The average Bonchev–Trinajstić information content (AvgIpc) is 2.75. The predicted octanol–water partition coefficient (Wildman–Crippen LogP) is 2.79. The first kappa shape index (κ1) is 18.7. The minimum Gasteiger partial charge on any atom is -0.508 e. The van der Waals surface area contributed by atoms with Crippen molar-refractivity contribution in [2.75, 3.05) is 38.0 Å². The molecule has 1 aliphatic heterocycles. The molecule has 0 atom stereocenters. The van der Waals surface area contributed by atoms with Crippen LogP contribution in [-0.2, 0) is 13.0 Å². The standard InChI is InChI=1S/C22H27N5O/c28-20-9-8-18-21(19(20)15-27-13-11-23-12-14-27)25-16-26-22(18)24-10-4-7-17-5-2-1-3-6-17/h1-3,5-6,8-9,16,23,28H,4,7,10-15H2,(H,24,25,26). The quantitative estimate of drug-likeness (QED) is 0.550. The number of nitrogens with one attached hydrogen (secondary N) is 2. The van der Waals surface area contributed by atoms with E-state index < -0.39 is 0 Å². The molecule has 0 spiro atoms. The molecule has 1 aliphatic rings. The lowest BCUT2D eigenvalue weighted by atomic mass is 10.1. The highest BCUT2D eigenvalue weighted by Gasteiger charge is 2.16. The van der Waals surface area contributed by atoms with Gasteiger partial charge in [0.2, 0.25) is 0 Å². The minimum absolute atomic E-state index is 0.305. The predicted molar refractivity (Wildman–Crippen MR) is 113 cm³/mol. The van der Waals surface area contributed by atoms with Gasteiger partial charge in [-0.3, -0.25) is 4.90 Å². The zero-order chi connectivity index (χ0) is 19.2. The van der Waals surface area contributed by atoms with Gasteiger partial charge in [-0.25, -0.2) is 9.97 Å². The molecule has 2 heterocycles. The fourth-order valence-corrected chi connectivity index (χ4v) is 3.71. The third-order valence-corrected chi connectivity index (χ3v) is 5.26. The van der Waals surface area contributed by atoms with Crippen molar-refractivity contribution in [3.05, 3.63) is 59.9 Å². The molecule has 1 aromatic heterocycles. The first-order chi connectivity index (χ1) is 13.8. The van der Waals surface area contributed by atoms with Crippen molar-refractivity contribution in [1.29, 1.82) is 0 Å². The summed E-state index contributed by atoms with van der Waals surface area (Å²) < 4.78 is 0. The molecule has 3 N–H and O–H groups in total. The maximum absolute atomic E-state index is 10.4. The summed E-state index contributed by atoms with van der Waals surface area (Å²) in [6.07, 6.45) is 3.65. The van der Waals surface area contributed by atoms with Crippen molar-refractivity contribution >= 4 is 16.7 Å². The largest absolute Gasteiger partial charge is 0.508 e. The Balaban J connectivity index is 1.47. The molecule has 28 heavy (non-hydrogen) atoms. The molecule has 3 aromatic rings. The fourth-order valence-electron chi connectivity index (χ4n) is 3.71. The summed E-state index contributed by atoms with van der Waals surface area (Å²) in [6, 6.07) is 14.2. The Kier molecular flexibility index (Phi) is 5.99. The monoisotopic (exact) mass is 377 g/mol. The Morgan fingerprint density at radius 2 is 1.86 bits per heavy atom. The molecule has 0 amide bonds. The highest BCUT2D eigenvalue weighted by atomic mass is 16.3. The van der Waals surface area contributed by atoms with Crippen molar-refractivity contribution in [1.82, 2.24) is 20.2 Å². The smallest absolute Gasteiger partial charge is 0.137 e. The topological polar surface area (TPSA) is 73.3 Å². The number of phenolic OH excluding ortho intramolecular Hbond substituents is 1. The number of anilines is 1. The highest BCUT2D eigenvalue weighted by Crippen LogP contribution is 2.30. The van der Waals surface area contributed by atoms with E-state index in [1.54, 1.807) is 12.4 Å². The van der Waals surface area contributed by atoms with Gasteiger partial charge in [-0.1, -0.05) is 30.3 Å². The second kappa shape index (κ2) is 8.99. The van der Waals surface area contributed by atoms with Crippen molar-refractivity contribution in [3.8, 4) is 5.75 Å². The average molecular weight is 377 g/mol. The van der Waals surface area contributed by atoms with E-state index >= 15 is 0 Å². The normalized spacial score (nSPS) is 15.0. The van der Waals surface area contributed by atoms with Gasteiger partial charge >= 0.3 is 0 Å². The summed E-state index contributed by atoms with van der Waals surface area (Å²) in [4.78, 5) is 11.3. The number of benzene rings is 2. The van der Waals surface area contributed by atoms with Crippen LogP contribution < -0.4 is 10.6 Å². The van der Waals surface area contributed by atoms with E-state index in [4.69, 9.17) is 0 Å². The van der Waals surface area contributed by atoms with Crippen LogP contribution >= 0.6 is 0 Å². The van der Waals surface area contributed by atoms with E-state index in [0.29, 0.717) is 12.3 Å². The zero-order valence-electron chi connectivity index (χ0n) is 16.1. The lowest BCUT2D eigenvalue weighted by Crippen LogP contribution is -2.42. The SMILES string of the molecule is Oc1ccc2c(NCCCc3ccccc3)ncnc2c1CN1CCNCC1. The summed E-state index contributed by atoms with van der Waals surface area (Å²) in [5.41, 5.74) is 3.06. The first-order valence-corrected chi connectivity index (χ1v) is 9.98.